The van der Waals surface area contributed by atoms with E-state index in [9.17, 15) is 9.59 Å². The summed E-state index contributed by atoms with van der Waals surface area (Å²) < 4.78 is 18.5. The number of epoxide rings is 1. The second-order valence-electron chi connectivity index (χ2n) is 9.90. The molecule has 5 rings (SSSR count). The van der Waals surface area contributed by atoms with Gasteiger partial charge in [0.1, 0.15) is 36.5 Å². The Balaban J connectivity index is 1.29. The number of morpholine rings is 1. The van der Waals surface area contributed by atoms with Crippen molar-refractivity contribution >= 4 is 11.9 Å². The van der Waals surface area contributed by atoms with Crippen molar-refractivity contribution in [2.24, 2.45) is 0 Å². The lowest BCUT2D eigenvalue weighted by atomic mass is 9.95. The van der Waals surface area contributed by atoms with Gasteiger partial charge in [-0.2, -0.15) is 0 Å². The van der Waals surface area contributed by atoms with E-state index in [-0.39, 0.29) is 12.2 Å². The fourth-order valence-electron chi connectivity index (χ4n) is 5.96. The van der Waals surface area contributed by atoms with Gasteiger partial charge in [-0.25, -0.2) is 0 Å². The van der Waals surface area contributed by atoms with Crippen molar-refractivity contribution < 1.29 is 28.3 Å². The van der Waals surface area contributed by atoms with E-state index in [1.165, 1.54) is 6.42 Å². The van der Waals surface area contributed by atoms with Gasteiger partial charge >= 0.3 is 11.9 Å². The highest BCUT2D eigenvalue weighted by Crippen LogP contribution is 2.51. The van der Waals surface area contributed by atoms with Crippen LogP contribution in [0.3, 0.4) is 0 Å². The maximum Gasteiger partial charge on any atom is 0.325 e. The summed E-state index contributed by atoms with van der Waals surface area (Å²) in [7, 11) is 4.49. The van der Waals surface area contributed by atoms with Crippen LogP contribution in [0.5, 0.6) is 0 Å². The summed E-state index contributed by atoms with van der Waals surface area (Å²) in [6.45, 7) is 0. The van der Waals surface area contributed by atoms with Gasteiger partial charge in [0.05, 0.1) is 14.1 Å². The quantitative estimate of drug-likeness (QED) is 0.321. The average Bonchev–Trinajstić information content (AvgIpc) is 3.48. The van der Waals surface area contributed by atoms with Crippen LogP contribution in [-0.4, -0.2) is 67.0 Å². The number of likely N-dealkylation sites (N-methyl/N-ethyl adjacent to an activating group) is 1. The number of hydrogen-bond acceptors (Lipinski definition) is 5. The van der Waals surface area contributed by atoms with Crippen LogP contribution in [0.25, 0.3) is 0 Å². The van der Waals surface area contributed by atoms with Crippen molar-refractivity contribution in [1.82, 2.24) is 0 Å². The minimum absolute atomic E-state index is 0.0850. The number of piperidine rings is 1. The predicted octanol–water partition coefficient (Wildman–Crippen LogP) is 2.95. The standard InChI is InChI=1S/C24H32NO5/c1-25(2)18-13-17(14-19(25)22-21(18)30-22)29-24(27)20(15-9-5-3-6-10-15)23(26)28-16-11-7-4-8-12-16/h3,5-6,9-10,16-22H,4,7-8,11-14H2,1-2H3/q+1/t17?,18-,19+,20-,21-,22+/m0/s1. The van der Waals surface area contributed by atoms with E-state index in [0.717, 1.165) is 43.0 Å². The molecule has 1 unspecified atom stereocenters. The van der Waals surface area contributed by atoms with Gasteiger partial charge in [0, 0.05) is 12.8 Å². The maximum atomic E-state index is 13.2. The zero-order chi connectivity index (χ0) is 20.9. The van der Waals surface area contributed by atoms with E-state index in [0.29, 0.717) is 29.9 Å². The first kappa shape index (κ1) is 20.0. The number of quaternary nitrogens is 1. The molecule has 3 heterocycles. The van der Waals surface area contributed by atoms with E-state index in [4.69, 9.17) is 14.2 Å². The highest BCUT2D eigenvalue weighted by atomic mass is 16.6. The molecule has 6 atom stereocenters. The Labute approximate surface area is 178 Å². The number of benzene rings is 1. The average molecular weight is 415 g/mol. The highest BCUT2D eigenvalue weighted by molar-refractivity contribution is 6.01. The van der Waals surface area contributed by atoms with Crippen molar-refractivity contribution in [2.45, 2.75) is 87.4 Å². The van der Waals surface area contributed by atoms with Crippen LogP contribution in [0.4, 0.5) is 0 Å². The number of nitrogens with zero attached hydrogens (tertiary/aromatic N) is 1. The van der Waals surface area contributed by atoms with Crippen molar-refractivity contribution in [3.05, 3.63) is 35.9 Å². The number of carbonyl (C=O) groups is 2. The van der Waals surface area contributed by atoms with E-state index >= 15 is 0 Å². The van der Waals surface area contributed by atoms with Gasteiger partial charge in [-0.15, -0.1) is 0 Å². The summed E-state index contributed by atoms with van der Waals surface area (Å²) in [5.41, 5.74) is 0.643. The number of rotatable bonds is 5. The number of hydrogen-bond donors (Lipinski definition) is 0. The fourth-order valence-corrected chi connectivity index (χ4v) is 5.96. The second-order valence-corrected chi connectivity index (χ2v) is 9.90. The van der Waals surface area contributed by atoms with Crippen LogP contribution < -0.4 is 0 Å². The third-order valence-electron chi connectivity index (χ3n) is 7.76. The molecule has 2 bridgehead atoms. The van der Waals surface area contributed by atoms with Gasteiger partial charge in [0.25, 0.3) is 0 Å². The molecule has 4 aliphatic rings. The largest absolute Gasteiger partial charge is 0.461 e. The van der Waals surface area contributed by atoms with Crippen molar-refractivity contribution in [1.29, 1.82) is 0 Å². The predicted molar refractivity (Wildman–Crippen MR) is 110 cm³/mol. The molecule has 3 saturated heterocycles. The first-order chi connectivity index (χ1) is 14.4. The van der Waals surface area contributed by atoms with Gasteiger partial charge in [-0.3, -0.25) is 9.59 Å². The Morgan fingerprint density at radius 1 is 0.900 bits per heavy atom. The minimum atomic E-state index is -1.01. The molecule has 1 aliphatic carbocycles. The lowest BCUT2D eigenvalue weighted by Crippen LogP contribution is -2.60. The molecular weight excluding hydrogens is 382 g/mol. The lowest BCUT2D eigenvalue weighted by Gasteiger charge is -2.45. The molecule has 30 heavy (non-hydrogen) atoms. The second kappa shape index (κ2) is 7.65. The SMILES string of the molecule is C[N+]1(C)[C@@H]2CC(OC(=O)[C@H](C(=O)OC3CCCCC3)c3ccccc3)C[C@H]1[C@@H]1O[C@@H]12. The molecule has 1 saturated carbocycles. The molecule has 4 fully saturated rings. The lowest BCUT2D eigenvalue weighted by molar-refractivity contribution is -0.938. The van der Waals surface area contributed by atoms with Gasteiger partial charge in [-0.05, 0) is 31.2 Å². The Morgan fingerprint density at radius 2 is 1.47 bits per heavy atom. The Kier molecular flexibility index (Phi) is 5.10. The number of esters is 2. The maximum absolute atomic E-state index is 13.2. The molecule has 3 aliphatic heterocycles. The van der Waals surface area contributed by atoms with Crippen molar-refractivity contribution in [2.75, 3.05) is 14.1 Å². The monoisotopic (exact) mass is 414 g/mol. The Bertz CT molecular complexity index is 783. The van der Waals surface area contributed by atoms with Gasteiger partial charge in [-0.1, -0.05) is 36.8 Å². The summed E-state index contributed by atoms with van der Waals surface area (Å²) in [6, 6.07) is 9.89. The van der Waals surface area contributed by atoms with E-state index < -0.39 is 17.9 Å². The zero-order valence-corrected chi connectivity index (χ0v) is 17.9. The van der Waals surface area contributed by atoms with Gasteiger partial charge < -0.3 is 18.7 Å². The smallest absolute Gasteiger partial charge is 0.325 e. The van der Waals surface area contributed by atoms with E-state index in [1.807, 2.05) is 30.3 Å². The third-order valence-corrected chi connectivity index (χ3v) is 7.76. The van der Waals surface area contributed by atoms with E-state index in [1.54, 1.807) is 0 Å². The van der Waals surface area contributed by atoms with Gasteiger partial charge in [0.15, 0.2) is 5.92 Å². The third kappa shape index (κ3) is 3.54. The molecule has 0 aromatic heterocycles. The van der Waals surface area contributed by atoms with Crippen molar-refractivity contribution in [3.63, 3.8) is 0 Å². The van der Waals surface area contributed by atoms with Crippen molar-refractivity contribution in [3.8, 4) is 0 Å². The Hall–Kier alpha value is -1.92. The highest BCUT2D eigenvalue weighted by Gasteiger charge is 2.70. The topological polar surface area (TPSA) is 65.1 Å². The van der Waals surface area contributed by atoms with Crippen LogP contribution in [0, 0.1) is 0 Å². The molecule has 0 radical (unpaired) electrons. The van der Waals surface area contributed by atoms with Gasteiger partial charge in [0.2, 0.25) is 0 Å². The first-order valence-electron chi connectivity index (χ1n) is 11.4. The molecule has 162 valence electrons. The molecule has 6 nitrogen and oxygen atoms in total. The molecule has 1 aromatic rings. The summed E-state index contributed by atoms with van der Waals surface area (Å²) in [5, 5.41) is 0. The minimum Gasteiger partial charge on any atom is -0.461 e. The number of fused-ring (bicyclic) bond motifs is 5. The van der Waals surface area contributed by atoms with Crippen LogP contribution in [-0.2, 0) is 23.8 Å². The summed E-state index contributed by atoms with van der Waals surface area (Å²) >= 11 is 0. The van der Waals surface area contributed by atoms with Crippen LogP contribution in [0.15, 0.2) is 30.3 Å². The zero-order valence-electron chi connectivity index (χ0n) is 17.9. The summed E-state index contributed by atoms with van der Waals surface area (Å²) in [6.07, 6.45) is 7.01. The summed E-state index contributed by atoms with van der Waals surface area (Å²) in [4.78, 5) is 26.3. The number of carbonyl (C=O) groups excluding carboxylic acids is 2. The Morgan fingerprint density at radius 3 is 2.07 bits per heavy atom. The molecule has 1 aromatic carbocycles. The van der Waals surface area contributed by atoms with Crippen LogP contribution in [0.1, 0.15) is 56.4 Å². The first-order valence-corrected chi connectivity index (χ1v) is 11.4. The van der Waals surface area contributed by atoms with Crippen LogP contribution in [0.2, 0.25) is 0 Å². The van der Waals surface area contributed by atoms with E-state index in [2.05, 4.69) is 14.1 Å². The normalized spacial score (nSPS) is 35.2. The molecule has 0 spiro atoms. The van der Waals surface area contributed by atoms with Crippen LogP contribution >= 0.6 is 0 Å². The molecular formula is C24H32NO5+. The molecule has 0 N–H and O–H groups in total. The number of ether oxygens (including phenoxy) is 3. The fraction of sp³-hybridized carbons (Fsp3) is 0.667. The molecule has 6 heteroatoms. The summed E-state index contributed by atoms with van der Waals surface area (Å²) in [5.74, 6) is -1.96. The molecule has 0 amide bonds.